The van der Waals surface area contributed by atoms with E-state index in [2.05, 4.69) is 21.2 Å². The van der Waals surface area contributed by atoms with Gasteiger partial charge in [0.2, 0.25) is 17.7 Å². The van der Waals surface area contributed by atoms with Crippen molar-refractivity contribution in [1.82, 2.24) is 4.90 Å². The third-order valence-corrected chi connectivity index (χ3v) is 10.5. The van der Waals surface area contributed by atoms with Crippen LogP contribution >= 0.6 is 39.1 Å². The lowest BCUT2D eigenvalue weighted by molar-refractivity contribution is -0.140. The highest BCUT2D eigenvalue weighted by molar-refractivity contribution is 9.10. The van der Waals surface area contributed by atoms with Crippen molar-refractivity contribution in [2.45, 2.75) is 30.0 Å². The van der Waals surface area contributed by atoms with E-state index in [1.807, 2.05) is 74.5 Å². The molecule has 37 heavy (non-hydrogen) atoms. The van der Waals surface area contributed by atoms with Crippen molar-refractivity contribution in [2.75, 3.05) is 11.9 Å². The molecular formula is C29H23BrCl2N2O3. The first-order chi connectivity index (χ1) is 17.6. The smallest absolute Gasteiger partial charge is 0.235 e. The van der Waals surface area contributed by atoms with Crippen LogP contribution < -0.4 is 5.32 Å². The van der Waals surface area contributed by atoms with Crippen LogP contribution in [0.25, 0.3) is 0 Å². The molecule has 1 heterocycles. The van der Waals surface area contributed by atoms with Gasteiger partial charge in [0.1, 0.15) is 9.75 Å². The lowest BCUT2D eigenvalue weighted by Crippen LogP contribution is -2.57. The standard InChI is InChI=1S/C29H23BrCl2N2O3/c1-15-13-17(14-16(2)25(15)30)33-22(35)11-12-34-26(36)23-24(27(34)37)29(32)19-8-4-3-7-18(19)28(23,31)20-9-5-6-10-21(20)29/h3-10,13-14,23-24H,11-12H2,1-2H3,(H,33,35)/t23-,24-,28?,29?/m0/s1. The maximum Gasteiger partial charge on any atom is 0.235 e. The van der Waals surface area contributed by atoms with E-state index in [1.165, 1.54) is 4.90 Å². The quantitative estimate of drug-likeness (QED) is 0.297. The topological polar surface area (TPSA) is 66.5 Å². The second kappa shape index (κ2) is 8.42. The molecule has 0 saturated carbocycles. The van der Waals surface area contributed by atoms with E-state index in [9.17, 15) is 14.4 Å². The third kappa shape index (κ3) is 3.25. The first-order valence-electron chi connectivity index (χ1n) is 12.1. The molecule has 1 saturated heterocycles. The summed E-state index contributed by atoms with van der Waals surface area (Å²) in [4.78, 5) is 39.2. The molecule has 3 amide bonds. The molecule has 2 bridgehead atoms. The number of benzene rings is 3. The Morgan fingerprint density at radius 3 is 1.68 bits per heavy atom. The van der Waals surface area contributed by atoms with Crippen molar-refractivity contribution in [3.8, 4) is 0 Å². The van der Waals surface area contributed by atoms with Gasteiger partial charge in [-0.25, -0.2) is 0 Å². The van der Waals surface area contributed by atoms with Gasteiger partial charge >= 0.3 is 0 Å². The molecule has 2 atom stereocenters. The molecule has 3 aromatic rings. The van der Waals surface area contributed by atoms with E-state index < -0.39 is 21.6 Å². The maximum atomic E-state index is 13.8. The molecule has 3 aliphatic carbocycles. The number of imide groups is 1. The Hall–Kier alpha value is -2.67. The van der Waals surface area contributed by atoms with Crippen LogP contribution in [0.3, 0.4) is 0 Å². The lowest BCUT2D eigenvalue weighted by atomic mass is 9.54. The van der Waals surface area contributed by atoms with Gasteiger partial charge in [-0.3, -0.25) is 19.3 Å². The molecular weight excluding hydrogens is 575 g/mol. The molecule has 3 aromatic carbocycles. The minimum atomic E-state index is -1.22. The minimum Gasteiger partial charge on any atom is -0.326 e. The molecule has 0 unspecified atom stereocenters. The molecule has 8 heteroatoms. The van der Waals surface area contributed by atoms with E-state index >= 15 is 0 Å². The zero-order valence-electron chi connectivity index (χ0n) is 20.1. The summed E-state index contributed by atoms with van der Waals surface area (Å²) in [6.45, 7) is 3.85. The fraction of sp³-hybridized carbons (Fsp3) is 0.276. The van der Waals surface area contributed by atoms with Crippen molar-refractivity contribution >= 4 is 62.5 Å². The van der Waals surface area contributed by atoms with Crippen LogP contribution in [-0.2, 0) is 24.1 Å². The number of hydrogen-bond donors (Lipinski definition) is 1. The highest BCUT2D eigenvalue weighted by Gasteiger charge is 2.72. The monoisotopic (exact) mass is 596 g/mol. The van der Waals surface area contributed by atoms with Crippen molar-refractivity contribution in [1.29, 1.82) is 0 Å². The van der Waals surface area contributed by atoms with Crippen LogP contribution in [0.15, 0.2) is 65.1 Å². The number of halogens is 3. The number of carbonyl (C=O) groups excluding carboxylic acids is 3. The molecule has 7 rings (SSSR count). The lowest BCUT2D eigenvalue weighted by Gasteiger charge is -2.54. The Balaban J connectivity index is 1.32. The van der Waals surface area contributed by atoms with Crippen LogP contribution in [0.1, 0.15) is 39.8 Å². The summed E-state index contributed by atoms with van der Waals surface area (Å²) in [6, 6.07) is 18.8. The van der Waals surface area contributed by atoms with E-state index in [0.29, 0.717) is 5.69 Å². The van der Waals surface area contributed by atoms with Crippen LogP contribution in [0.2, 0.25) is 0 Å². The second-order valence-corrected chi connectivity index (χ2v) is 12.0. The van der Waals surface area contributed by atoms with Crippen LogP contribution in [-0.4, -0.2) is 29.2 Å². The number of rotatable bonds is 4. The van der Waals surface area contributed by atoms with Gasteiger partial charge in [0.05, 0.1) is 11.8 Å². The van der Waals surface area contributed by atoms with E-state index in [-0.39, 0.29) is 30.7 Å². The summed E-state index contributed by atoms with van der Waals surface area (Å²) in [6.07, 6.45) is -0.0322. The normalized spacial score (nSPS) is 27.1. The summed E-state index contributed by atoms with van der Waals surface area (Å²) < 4.78 is 0.989. The Bertz CT molecular complexity index is 1380. The minimum absolute atomic E-state index is 0.0322. The maximum absolute atomic E-state index is 13.8. The Morgan fingerprint density at radius 1 is 0.865 bits per heavy atom. The van der Waals surface area contributed by atoms with Crippen LogP contribution in [0.5, 0.6) is 0 Å². The fourth-order valence-corrected chi connectivity index (χ4v) is 7.73. The highest BCUT2D eigenvalue weighted by Crippen LogP contribution is 2.69. The average molecular weight is 598 g/mol. The van der Waals surface area contributed by atoms with Gasteiger partial charge in [-0.2, -0.15) is 0 Å². The molecule has 1 N–H and O–H groups in total. The number of carbonyl (C=O) groups is 3. The molecule has 1 aliphatic heterocycles. The van der Waals surface area contributed by atoms with E-state index in [4.69, 9.17) is 23.2 Å². The summed E-state index contributed by atoms with van der Waals surface area (Å²) in [5.74, 6) is -2.77. The van der Waals surface area contributed by atoms with Crippen LogP contribution in [0.4, 0.5) is 5.69 Å². The molecule has 0 aromatic heterocycles. The fourth-order valence-electron chi connectivity index (χ4n) is 6.40. The molecule has 4 aliphatic rings. The van der Waals surface area contributed by atoms with Crippen molar-refractivity contribution in [3.05, 3.63) is 98.5 Å². The second-order valence-electron chi connectivity index (χ2n) is 10.0. The van der Waals surface area contributed by atoms with Gasteiger partial charge in [0, 0.05) is 23.1 Å². The van der Waals surface area contributed by atoms with Gasteiger partial charge in [0.15, 0.2) is 0 Å². The number of anilines is 1. The summed E-state index contributed by atoms with van der Waals surface area (Å²) in [7, 11) is 0. The zero-order chi connectivity index (χ0) is 26.3. The van der Waals surface area contributed by atoms with E-state index in [1.54, 1.807) is 0 Å². The van der Waals surface area contributed by atoms with Gasteiger partial charge in [-0.1, -0.05) is 64.5 Å². The first-order valence-corrected chi connectivity index (χ1v) is 13.6. The summed E-state index contributed by atoms with van der Waals surface area (Å²) in [5, 5.41) is 2.88. The SMILES string of the molecule is Cc1cc(NC(=O)CCN2C(=O)[C@@H]3[C@@H](C2=O)C2(Cl)c4ccccc4C3(Cl)c3ccccc32)cc(C)c1Br. The molecule has 0 spiro atoms. The number of nitrogens with zero attached hydrogens (tertiary/aromatic N) is 1. The highest BCUT2D eigenvalue weighted by atomic mass is 79.9. The largest absolute Gasteiger partial charge is 0.326 e. The van der Waals surface area contributed by atoms with E-state index in [0.717, 1.165) is 37.9 Å². The number of likely N-dealkylation sites (tertiary alicyclic amines) is 1. The first kappa shape index (κ1) is 24.7. The number of nitrogens with one attached hydrogen (secondary N) is 1. The predicted octanol–water partition coefficient (Wildman–Crippen LogP) is 5.99. The number of alkyl halides is 2. The molecule has 188 valence electrons. The van der Waals surface area contributed by atoms with Gasteiger partial charge < -0.3 is 5.32 Å². The third-order valence-electron chi connectivity index (χ3n) is 7.96. The van der Waals surface area contributed by atoms with Crippen molar-refractivity contribution in [3.63, 3.8) is 0 Å². The number of hydrogen-bond acceptors (Lipinski definition) is 3. The Kier molecular flexibility index (Phi) is 5.61. The van der Waals surface area contributed by atoms with Gasteiger partial charge in [-0.15, -0.1) is 23.2 Å². The van der Waals surface area contributed by atoms with Crippen LogP contribution in [0, 0.1) is 25.7 Å². The average Bonchev–Trinajstić information content (AvgIpc) is 3.15. The number of aryl methyl sites for hydroxylation is 2. The molecule has 1 fully saturated rings. The predicted molar refractivity (Wildman–Crippen MR) is 147 cm³/mol. The van der Waals surface area contributed by atoms with Gasteiger partial charge in [0.25, 0.3) is 0 Å². The zero-order valence-corrected chi connectivity index (χ0v) is 23.2. The summed E-state index contributed by atoms with van der Waals surface area (Å²) >= 11 is 18.4. The Morgan fingerprint density at radius 2 is 1.27 bits per heavy atom. The van der Waals surface area contributed by atoms with Gasteiger partial charge in [-0.05, 0) is 59.4 Å². The molecule has 5 nitrogen and oxygen atoms in total. The Labute approximate surface area is 233 Å². The number of amides is 3. The van der Waals surface area contributed by atoms with Crippen molar-refractivity contribution in [2.24, 2.45) is 11.8 Å². The van der Waals surface area contributed by atoms with Crippen molar-refractivity contribution < 1.29 is 14.4 Å². The molecule has 0 radical (unpaired) electrons. The summed E-state index contributed by atoms with van der Waals surface area (Å²) in [5.41, 5.74) is 5.69.